The van der Waals surface area contributed by atoms with Gasteiger partial charge in [0, 0.05) is 17.1 Å². The Morgan fingerprint density at radius 3 is 2.65 bits per heavy atom. The molecule has 110 valence electrons. The van der Waals surface area contributed by atoms with Gasteiger partial charge >= 0.3 is 0 Å². The van der Waals surface area contributed by atoms with Crippen LogP contribution in [-0.2, 0) is 4.74 Å². The lowest BCUT2D eigenvalue weighted by atomic mass is 9.76. The van der Waals surface area contributed by atoms with Crippen molar-refractivity contribution in [1.82, 2.24) is 5.32 Å². The van der Waals surface area contributed by atoms with E-state index in [1.807, 2.05) is 0 Å². The van der Waals surface area contributed by atoms with Crippen LogP contribution in [0.15, 0.2) is 28.7 Å². The van der Waals surface area contributed by atoms with Crippen LogP contribution in [0.25, 0.3) is 0 Å². The SMILES string of the molecule is Brc1ccccc1C1CC(NCCOC2CCCC2)C1. The van der Waals surface area contributed by atoms with Crippen LogP contribution in [0.3, 0.4) is 0 Å². The average Bonchev–Trinajstić information content (AvgIpc) is 2.91. The van der Waals surface area contributed by atoms with E-state index in [-0.39, 0.29) is 0 Å². The molecule has 3 rings (SSSR count). The van der Waals surface area contributed by atoms with Gasteiger partial charge < -0.3 is 10.1 Å². The highest BCUT2D eigenvalue weighted by molar-refractivity contribution is 9.10. The summed E-state index contributed by atoms with van der Waals surface area (Å²) in [5.74, 6) is 0.721. The molecule has 20 heavy (non-hydrogen) atoms. The molecule has 0 atom stereocenters. The molecule has 0 bridgehead atoms. The molecular weight excluding hydrogens is 314 g/mol. The maximum atomic E-state index is 5.88. The van der Waals surface area contributed by atoms with Crippen molar-refractivity contribution in [2.24, 2.45) is 0 Å². The first-order valence-electron chi connectivity index (χ1n) is 7.92. The van der Waals surface area contributed by atoms with Gasteiger partial charge in [0.2, 0.25) is 0 Å². The summed E-state index contributed by atoms with van der Waals surface area (Å²) in [5, 5.41) is 3.62. The van der Waals surface area contributed by atoms with E-state index in [1.54, 1.807) is 0 Å². The van der Waals surface area contributed by atoms with Gasteiger partial charge in [0.15, 0.2) is 0 Å². The zero-order chi connectivity index (χ0) is 13.8. The van der Waals surface area contributed by atoms with Crippen molar-refractivity contribution in [3.63, 3.8) is 0 Å². The van der Waals surface area contributed by atoms with E-state index in [0.717, 1.165) is 19.1 Å². The van der Waals surface area contributed by atoms with Gasteiger partial charge in [0.05, 0.1) is 12.7 Å². The maximum Gasteiger partial charge on any atom is 0.0594 e. The third kappa shape index (κ3) is 3.63. The highest BCUT2D eigenvalue weighted by atomic mass is 79.9. The molecule has 2 saturated carbocycles. The summed E-state index contributed by atoms with van der Waals surface area (Å²) in [4.78, 5) is 0. The summed E-state index contributed by atoms with van der Waals surface area (Å²) in [6.07, 6.45) is 8.31. The summed E-state index contributed by atoms with van der Waals surface area (Å²) >= 11 is 3.65. The summed E-state index contributed by atoms with van der Waals surface area (Å²) < 4.78 is 7.14. The summed E-state index contributed by atoms with van der Waals surface area (Å²) in [5.41, 5.74) is 1.47. The van der Waals surface area contributed by atoms with Crippen molar-refractivity contribution < 1.29 is 4.74 Å². The summed E-state index contributed by atoms with van der Waals surface area (Å²) in [6, 6.07) is 9.29. The number of benzene rings is 1. The topological polar surface area (TPSA) is 21.3 Å². The monoisotopic (exact) mass is 337 g/mol. The van der Waals surface area contributed by atoms with Crippen molar-refractivity contribution in [1.29, 1.82) is 0 Å². The smallest absolute Gasteiger partial charge is 0.0594 e. The van der Waals surface area contributed by atoms with Crippen LogP contribution in [0.4, 0.5) is 0 Å². The number of rotatable bonds is 6. The molecule has 2 fully saturated rings. The lowest BCUT2D eigenvalue weighted by Crippen LogP contribution is -2.41. The Hall–Kier alpha value is -0.380. The molecule has 0 radical (unpaired) electrons. The zero-order valence-electron chi connectivity index (χ0n) is 12.0. The number of halogens is 1. The van der Waals surface area contributed by atoms with Crippen LogP contribution in [0, 0.1) is 0 Å². The molecule has 0 saturated heterocycles. The maximum absolute atomic E-state index is 5.88. The van der Waals surface area contributed by atoms with Crippen LogP contribution in [0.2, 0.25) is 0 Å². The molecule has 1 N–H and O–H groups in total. The van der Waals surface area contributed by atoms with E-state index in [2.05, 4.69) is 45.5 Å². The second-order valence-electron chi connectivity index (χ2n) is 6.12. The third-order valence-corrected chi connectivity index (χ3v) is 5.40. The van der Waals surface area contributed by atoms with Gasteiger partial charge in [-0.25, -0.2) is 0 Å². The first-order valence-corrected chi connectivity index (χ1v) is 8.71. The van der Waals surface area contributed by atoms with Gasteiger partial charge in [-0.1, -0.05) is 47.0 Å². The molecular formula is C17H24BrNO. The normalized spacial score (nSPS) is 26.6. The minimum absolute atomic E-state index is 0.547. The van der Waals surface area contributed by atoms with E-state index in [4.69, 9.17) is 4.74 Å². The summed E-state index contributed by atoms with van der Waals surface area (Å²) in [7, 11) is 0. The molecule has 0 aromatic heterocycles. The Morgan fingerprint density at radius 1 is 1.15 bits per heavy atom. The first kappa shape index (κ1) is 14.6. The Kier molecular flexibility index (Phi) is 5.14. The molecule has 0 amide bonds. The fourth-order valence-electron chi connectivity index (χ4n) is 3.39. The lowest BCUT2D eigenvalue weighted by molar-refractivity contribution is 0.0571. The molecule has 0 spiro atoms. The van der Waals surface area contributed by atoms with Gasteiger partial charge in [-0.05, 0) is 43.2 Å². The molecule has 0 unspecified atom stereocenters. The fraction of sp³-hybridized carbons (Fsp3) is 0.647. The van der Waals surface area contributed by atoms with Crippen LogP contribution in [0.1, 0.15) is 50.0 Å². The second kappa shape index (κ2) is 7.06. The number of nitrogens with one attached hydrogen (secondary N) is 1. The Labute approximate surface area is 130 Å². The second-order valence-corrected chi connectivity index (χ2v) is 6.97. The molecule has 0 aliphatic heterocycles. The van der Waals surface area contributed by atoms with E-state index >= 15 is 0 Å². The van der Waals surface area contributed by atoms with Crippen molar-refractivity contribution in [3.8, 4) is 0 Å². The predicted molar refractivity (Wildman–Crippen MR) is 86.1 cm³/mol. The van der Waals surface area contributed by atoms with Crippen LogP contribution >= 0.6 is 15.9 Å². The van der Waals surface area contributed by atoms with E-state index in [1.165, 1.54) is 48.6 Å². The number of ether oxygens (including phenoxy) is 1. The van der Waals surface area contributed by atoms with Crippen molar-refractivity contribution in [2.75, 3.05) is 13.2 Å². The number of hydrogen-bond acceptors (Lipinski definition) is 2. The summed E-state index contributed by atoms with van der Waals surface area (Å²) in [6.45, 7) is 1.88. The molecule has 1 aromatic carbocycles. The Morgan fingerprint density at radius 2 is 1.90 bits per heavy atom. The minimum atomic E-state index is 0.547. The highest BCUT2D eigenvalue weighted by Gasteiger charge is 2.30. The molecule has 1 aromatic rings. The van der Waals surface area contributed by atoms with Gasteiger partial charge in [-0.3, -0.25) is 0 Å². The van der Waals surface area contributed by atoms with Gasteiger partial charge in [0.25, 0.3) is 0 Å². The molecule has 2 nitrogen and oxygen atoms in total. The fourth-order valence-corrected chi connectivity index (χ4v) is 4.00. The van der Waals surface area contributed by atoms with Crippen LogP contribution in [-0.4, -0.2) is 25.3 Å². The first-order chi connectivity index (χ1) is 9.83. The van der Waals surface area contributed by atoms with Crippen molar-refractivity contribution >= 4 is 15.9 Å². The molecule has 0 heterocycles. The lowest BCUT2D eigenvalue weighted by Gasteiger charge is -2.37. The zero-order valence-corrected chi connectivity index (χ0v) is 13.6. The average molecular weight is 338 g/mol. The number of hydrogen-bond donors (Lipinski definition) is 1. The van der Waals surface area contributed by atoms with Gasteiger partial charge in [-0.2, -0.15) is 0 Å². The Balaban J connectivity index is 1.31. The van der Waals surface area contributed by atoms with E-state index in [9.17, 15) is 0 Å². The van der Waals surface area contributed by atoms with Gasteiger partial charge in [0.1, 0.15) is 0 Å². The van der Waals surface area contributed by atoms with Crippen molar-refractivity contribution in [3.05, 3.63) is 34.3 Å². The highest BCUT2D eigenvalue weighted by Crippen LogP contribution is 2.39. The van der Waals surface area contributed by atoms with Crippen LogP contribution in [0.5, 0.6) is 0 Å². The quantitative estimate of drug-likeness (QED) is 0.783. The van der Waals surface area contributed by atoms with E-state index < -0.39 is 0 Å². The third-order valence-electron chi connectivity index (χ3n) is 4.67. The standard InChI is InChI=1S/C17H24BrNO/c18-17-8-4-3-7-16(17)13-11-14(12-13)19-9-10-20-15-5-1-2-6-15/h3-4,7-8,13-15,19H,1-2,5-6,9-12H2. The Bertz CT molecular complexity index is 425. The largest absolute Gasteiger partial charge is 0.377 e. The molecule has 3 heteroatoms. The minimum Gasteiger partial charge on any atom is -0.377 e. The van der Waals surface area contributed by atoms with Crippen molar-refractivity contribution in [2.45, 2.75) is 56.6 Å². The van der Waals surface area contributed by atoms with Crippen LogP contribution < -0.4 is 5.32 Å². The van der Waals surface area contributed by atoms with E-state index in [0.29, 0.717) is 12.1 Å². The predicted octanol–water partition coefficient (Wildman–Crippen LogP) is 4.24. The molecule has 2 aliphatic rings. The van der Waals surface area contributed by atoms with Gasteiger partial charge in [-0.15, -0.1) is 0 Å². The molecule has 2 aliphatic carbocycles.